The molecule has 0 saturated heterocycles. The van der Waals surface area contributed by atoms with Crippen LogP contribution < -0.4 is 0 Å². The molecule has 0 unspecified atom stereocenters. The van der Waals surface area contributed by atoms with E-state index in [4.69, 9.17) is 0 Å². The van der Waals surface area contributed by atoms with Crippen LogP contribution in [0.1, 0.15) is 48.7 Å². The van der Waals surface area contributed by atoms with Crippen molar-refractivity contribution in [3.8, 4) is 0 Å². The highest BCUT2D eigenvalue weighted by molar-refractivity contribution is 5.94. The summed E-state index contributed by atoms with van der Waals surface area (Å²) in [6.07, 6.45) is 2.35. The zero-order valence-corrected chi connectivity index (χ0v) is 9.05. The first-order chi connectivity index (χ1) is 6.50. The minimum Gasteiger partial charge on any atom is -0.295 e. The Kier molecular flexibility index (Phi) is 1.99. The van der Waals surface area contributed by atoms with Crippen LogP contribution in [0.25, 0.3) is 0 Å². The summed E-state index contributed by atoms with van der Waals surface area (Å²) in [6.45, 7) is 6.13. The van der Waals surface area contributed by atoms with Gasteiger partial charge in [0.1, 0.15) is 0 Å². The van der Waals surface area contributed by atoms with E-state index in [1.807, 2.05) is 6.07 Å². The summed E-state index contributed by atoms with van der Waals surface area (Å²) >= 11 is 0. The van der Waals surface area contributed by atoms with Crippen molar-refractivity contribution in [1.29, 1.82) is 0 Å². The Hall–Kier alpha value is -1.11. The molecule has 1 aromatic rings. The fourth-order valence-corrected chi connectivity index (χ4v) is 2.23. The Balaban J connectivity index is 2.53. The summed E-state index contributed by atoms with van der Waals surface area (Å²) in [7, 11) is 0. The number of fused-ring (bicyclic) bond motifs is 1. The van der Waals surface area contributed by atoms with Crippen molar-refractivity contribution in [2.45, 2.75) is 39.0 Å². The Morgan fingerprint density at radius 1 is 1.36 bits per heavy atom. The molecule has 0 aliphatic heterocycles. The average Bonchev–Trinajstić information content (AvgIpc) is 2.42. The molecule has 1 aliphatic carbocycles. The van der Waals surface area contributed by atoms with Crippen LogP contribution in [0.5, 0.6) is 0 Å². The summed E-state index contributed by atoms with van der Waals surface area (Å²) in [6, 6.07) is 6.13. The number of ketones is 1. The van der Waals surface area contributed by atoms with Crippen molar-refractivity contribution in [3.05, 3.63) is 34.9 Å². The van der Waals surface area contributed by atoms with Crippen LogP contribution in [0.15, 0.2) is 18.2 Å². The van der Waals surface area contributed by atoms with E-state index in [1.54, 1.807) is 6.92 Å². The van der Waals surface area contributed by atoms with E-state index < -0.39 is 0 Å². The lowest BCUT2D eigenvalue weighted by Gasteiger charge is -2.19. The molecule has 0 radical (unpaired) electrons. The lowest BCUT2D eigenvalue weighted by molar-refractivity contribution is 0.101. The van der Waals surface area contributed by atoms with Crippen molar-refractivity contribution < 1.29 is 4.79 Å². The highest BCUT2D eigenvalue weighted by Gasteiger charge is 2.29. The molecule has 1 aliphatic rings. The summed E-state index contributed by atoms with van der Waals surface area (Å²) < 4.78 is 0. The monoisotopic (exact) mass is 188 g/mol. The van der Waals surface area contributed by atoms with Crippen LogP contribution in [-0.2, 0) is 11.8 Å². The van der Waals surface area contributed by atoms with Crippen molar-refractivity contribution in [2.24, 2.45) is 0 Å². The lowest BCUT2D eigenvalue weighted by atomic mass is 9.85. The van der Waals surface area contributed by atoms with Crippen LogP contribution in [0, 0.1) is 0 Å². The normalized spacial score (nSPS) is 17.9. The quantitative estimate of drug-likeness (QED) is 0.619. The molecular formula is C13H16O. The molecule has 0 amide bonds. The lowest BCUT2D eigenvalue weighted by Crippen LogP contribution is -2.12. The highest BCUT2D eigenvalue weighted by Crippen LogP contribution is 2.38. The highest BCUT2D eigenvalue weighted by atomic mass is 16.1. The standard InChI is InChI=1S/C13H16O/c1-9(14)11-5-4-10-6-7-13(2,3)12(10)8-11/h4-5,8H,6-7H2,1-3H3. The molecule has 0 spiro atoms. The van der Waals surface area contributed by atoms with Gasteiger partial charge in [-0.05, 0) is 42.4 Å². The number of benzene rings is 1. The number of aryl methyl sites for hydroxylation is 1. The van der Waals surface area contributed by atoms with Crippen molar-refractivity contribution in [2.75, 3.05) is 0 Å². The fraction of sp³-hybridized carbons (Fsp3) is 0.462. The summed E-state index contributed by atoms with van der Waals surface area (Å²) in [4.78, 5) is 11.3. The van der Waals surface area contributed by atoms with Crippen LogP contribution in [0.3, 0.4) is 0 Å². The molecule has 1 aromatic carbocycles. The molecule has 0 N–H and O–H groups in total. The molecular weight excluding hydrogens is 172 g/mol. The van der Waals surface area contributed by atoms with E-state index in [9.17, 15) is 4.79 Å². The van der Waals surface area contributed by atoms with Gasteiger partial charge in [0.05, 0.1) is 0 Å². The van der Waals surface area contributed by atoms with E-state index >= 15 is 0 Å². The Bertz CT molecular complexity index is 388. The molecule has 0 fully saturated rings. The summed E-state index contributed by atoms with van der Waals surface area (Å²) in [5.74, 6) is 0.163. The van der Waals surface area contributed by atoms with E-state index in [1.165, 1.54) is 17.5 Å². The van der Waals surface area contributed by atoms with Crippen LogP contribution >= 0.6 is 0 Å². The van der Waals surface area contributed by atoms with E-state index in [2.05, 4.69) is 26.0 Å². The number of rotatable bonds is 1. The molecule has 0 heterocycles. The molecule has 74 valence electrons. The van der Waals surface area contributed by atoms with Gasteiger partial charge >= 0.3 is 0 Å². The van der Waals surface area contributed by atoms with Crippen LogP contribution in [-0.4, -0.2) is 5.78 Å². The minimum absolute atomic E-state index is 0.163. The fourth-order valence-electron chi connectivity index (χ4n) is 2.23. The SMILES string of the molecule is CC(=O)c1ccc2c(c1)C(C)(C)CC2. The Morgan fingerprint density at radius 3 is 2.71 bits per heavy atom. The third-order valence-electron chi connectivity index (χ3n) is 3.26. The van der Waals surface area contributed by atoms with E-state index in [-0.39, 0.29) is 11.2 Å². The third-order valence-corrected chi connectivity index (χ3v) is 3.26. The maximum Gasteiger partial charge on any atom is 0.159 e. The van der Waals surface area contributed by atoms with Gasteiger partial charge in [-0.3, -0.25) is 4.79 Å². The molecule has 1 nitrogen and oxygen atoms in total. The Labute approximate surface area is 85.1 Å². The number of hydrogen-bond acceptors (Lipinski definition) is 1. The van der Waals surface area contributed by atoms with Gasteiger partial charge in [-0.25, -0.2) is 0 Å². The summed E-state index contributed by atoms with van der Waals surface area (Å²) in [5.41, 5.74) is 3.88. The predicted octanol–water partition coefficient (Wildman–Crippen LogP) is 3.11. The molecule has 2 rings (SSSR count). The number of carbonyl (C=O) groups excluding carboxylic acids is 1. The van der Waals surface area contributed by atoms with Crippen molar-refractivity contribution in [3.63, 3.8) is 0 Å². The second kappa shape index (κ2) is 2.94. The average molecular weight is 188 g/mol. The van der Waals surface area contributed by atoms with Gasteiger partial charge in [0.15, 0.2) is 5.78 Å². The molecule has 0 saturated carbocycles. The largest absolute Gasteiger partial charge is 0.295 e. The predicted molar refractivity (Wildman–Crippen MR) is 57.8 cm³/mol. The number of hydrogen-bond donors (Lipinski definition) is 0. The second-order valence-electron chi connectivity index (χ2n) is 4.81. The van der Waals surface area contributed by atoms with Gasteiger partial charge in [-0.2, -0.15) is 0 Å². The first-order valence-corrected chi connectivity index (χ1v) is 5.15. The van der Waals surface area contributed by atoms with Crippen molar-refractivity contribution >= 4 is 5.78 Å². The number of carbonyl (C=O) groups is 1. The Morgan fingerprint density at radius 2 is 2.07 bits per heavy atom. The molecule has 0 aromatic heterocycles. The minimum atomic E-state index is 0.163. The maximum absolute atomic E-state index is 11.3. The van der Waals surface area contributed by atoms with Gasteiger partial charge in [0.25, 0.3) is 0 Å². The maximum atomic E-state index is 11.3. The van der Waals surface area contributed by atoms with Crippen molar-refractivity contribution in [1.82, 2.24) is 0 Å². The van der Waals surface area contributed by atoms with Gasteiger partial charge < -0.3 is 0 Å². The number of Topliss-reactive ketones (excluding diaryl/α,β-unsaturated/α-hetero) is 1. The first kappa shape index (κ1) is 9.45. The van der Waals surface area contributed by atoms with E-state index in [0.29, 0.717) is 0 Å². The van der Waals surface area contributed by atoms with E-state index in [0.717, 1.165) is 12.0 Å². The smallest absolute Gasteiger partial charge is 0.159 e. The van der Waals surface area contributed by atoms with Gasteiger partial charge in [0, 0.05) is 5.56 Å². The third kappa shape index (κ3) is 1.37. The molecule has 1 heteroatoms. The van der Waals surface area contributed by atoms with Crippen LogP contribution in [0.4, 0.5) is 0 Å². The second-order valence-corrected chi connectivity index (χ2v) is 4.81. The molecule has 0 bridgehead atoms. The first-order valence-electron chi connectivity index (χ1n) is 5.15. The topological polar surface area (TPSA) is 17.1 Å². The molecule has 14 heavy (non-hydrogen) atoms. The summed E-state index contributed by atoms with van der Waals surface area (Å²) in [5, 5.41) is 0. The van der Waals surface area contributed by atoms with Gasteiger partial charge in [-0.1, -0.05) is 26.0 Å². The van der Waals surface area contributed by atoms with Gasteiger partial charge in [0.2, 0.25) is 0 Å². The molecule has 0 atom stereocenters. The zero-order chi connectivity index (χ0) is 10.3. The zero-order valence-electron chi connectivity index (χ0n) is 9.05. The van der Waals surface area contributed by atoms with Crippen LogP contribution in [0.2, 0.25) is 0 Å². The van der Waals surface area contributed by atoms with Gasteiger partial charge in [-0.15, -0.1) is 0 Å².